The summed E-state index contributed by atoms with van der Waals surface area (Å²) in [5.74, 6) is 0.270. The van der Waals surface area contributed by atoms with Gasteiger partial charge in [-0.25, -0.2) is 4.98 Å². The van der Waals surface area contributed by atoms with E-state index < -0.39 is 0 Å². The van der Waals surface area contributed by atoms with Crippen LogP contribution in [-0.4, -0.2) is 32.7 Å². The zero-order valence-corrected chi connectivity index (χ0v) is 11.0. The van der Waals surface area contributed by atoms with Gasteiger partial charge in [-0.15, -0.1) is 11.3 Å². The van der Waals surface area contributed by atoms with Crippen LogP contribution in [0.5, 0.6) is 0 Å². The van der Waals surface area contributed by atoms with Crippen molar-refractivity contribution in [2.45, 2.75) is 31.8 Å². The summed E-state index contributed by atoms with van der Waals surface area (Å²) in [6.07, 6.45) is 7.31. The largest absolute Gasteiger partial charge is 0.388 e. The Hall–Kier alpha value is -1.40. The average Bonchev–Trinajstić information content (AvgIpc) is 2.95. The first-order valence-corrected chi connectivity index (χ1v) is 7.08. The molecule has 1 fully saturated rings. The monoisotopic (exact) mass is 263 g/mol. The maximum Gasteiger partial charge on any atom is 0.193 e. The number of imidazole rings is 1. The second-order valence-electron chi connectivity index (χ2n) is 4.80. The highest BCUT2D eigenvalue weighted by Crippen LogP contribution is 2.28. The summed E-state index contributed by atoms with van der Waals surface area (Å²) < 4.78 is 2.07. The topological polar surface area (TPSA) is 70.4 Å². The molecule has 1 aliphatic rings. The van der Waals surface area contributed by atoms with Crippen LogP contribution >= 0.6 is 11.3 Å². The minimum atomic E-state index is 0.270. The Labute approximate surface area is 110 Å². The molecule has 0 radical (unpaired) electrons. The summed E-state index contributed by atoms with van der Waals surface area (Å²) in [5, 5.41) is 9.37. The van der Waals surface area contributed by atoms with E-state index in [1.165, 1.54) is 12.8 Å². The first kappa shape index (κ1) is 11.7. The van der Waals surface area contributed by atoms with Crippen LogP contribution in [0.15, 0.2) is 17.8 Å². The van der Waals surface area contributed by atoms with Gasteiger partial charge in [0.2, 0.25) is 0 Å². The summed E-state index contributed by atoms with van der Waals surface area (Å²) >= 11 is 1.66. The molecular weight excluding hydrogens is 246 g/mol. The molecule has 0 unspecified atom stereocenters. The number of nitrogens with one attached hydrogen (secondary N) is 1. The van der Waals surface area contributed by atoms with Gasteiger partial charge in [0.1, 0.15) is 0 Å². The highest BCUT2D eigenvalue weighted by molar-refractivity contribution is 7.15. The van der Waals surface area contributed by atoms with Crippen LogP contribution in [0.3, 0.4) is 0 Å². The van der Waals surface area contributed by atoms with Crippen molar-refractivity contribution in [3.63, 3.8) is 0 Å². The lowest BCUT2D eigenvalue weighted by molar-refractivity contribution is 0.259. The Morgan fingerprint density at radius 1 is 1.61 bits per heavy atom. The highest BCUT2D eigenvalue weighted by atomic mass is 32.1. The van der Waals surface area contributed by atoms with Gasteiger partial charge in [-0.3, -0.25) is 14.7 Å². The van der Waals surface area contributed by atoms with Gasteiger partial charge in [0.15, 0.2) is 4.96 Å². The lowest BCUT2D eigenvalue weighted by atomic mass is 10.3. The first-order valence-electron chi connectivity index (χ1n) is 6.20. The molecule has 1 saturated carbocycles. The Bertz CT molecular complexity index is 525. The maximum absolute atomic E-state index is 7.32. The lowest BCUT2D eigenvalue weighted by Crippen LogP contribution is -2.29. The number of thiazole rings is 1. The van der Waals surface area contributed by atoms with Crippen molar-refractivity contribution < 1.29 is 0 Å². The lowest BCUT2D eigenvalue weighted by Gasteiger charge is -2.20. The second kappa shape index (κ2) is 4.70. The molecule has 0 atom stereocenters. The normalized spacial score (nSPS) is 15.6. The molecule has 1 aliphatic carbocycles. The van der Waals surface area contributed by atoms with Gasteiger partial charge in [-0.1, -0.05) is 0 Å². The highest BCUT2D eigenvalue weighted by Gasteiger charge is 2.29. The van der Waals surface area contributed by atoms with E-state index in [0.29, 0.717) is 12.5 Å². The molecule has 2 aromatic heterocycles. The molecule has 0 spiro atoms. The van der Waals surface area contributed by atoms with Crippen molar-refractivity contribution in [1.29, 1.82) is 5.41 Å². The van der Waals surface area contributed by atoms with Crippen LogP contribution in [0, 0.1) is 5.41 Å². The van der Waals surface area contributed by atoms with E-state index in [1.54, 1.807) is 11.3 Å². The summed E-state index contributed by atoms with van der Waals surface area (Å²) in [6.45, 7) is 1.73. The molecule has 2 aromatic rings. The van der Waals surface area contributed by atoms with Gasteiger partial charge in [0.05, 0.1) is 11.5 Å². The Balaban J connectivity index is 1.67. The van der Waals surface area contributed by atoms with Crippen LogP contribution in [0.1, 0.15) is 25.0 Å². The number of nitrogens with two attached hydrogens (primary N) is 1. The summed E-state index contributed by atoms with van der Waals surface area (Å²) in [7, 11) is 0. The van der Waals surface area contributed by atoms with Crippen molar-refractivity contribution >= 4 is 22.1 Å². The molecule has 0 bridgehead atoms. The molecule has 3 rings (SSSR count). The van der Waals surface area contributed by atoms with Crippen molar-refractivity contribution in [3.8, 4) is 0 Å². The molecule has 2 heterocycles. The van der Waals surface area contributed by atoms with Crippen LogP contribution in [0.2, 0.25) is 0 Å². The molecule has 5 nitrogen and oxygen atoms in total. The molecule has 96 valence electrons. The van der Waals surface area contributed by atoms with Gasteiger partial charge in [0.25, 0.3) is 0 Å². The van der Waals surface area contributed by atoms with Crippen LogP contribution in [0.25, 0.3) is 4.96 Å². The first-order chi connectivity index (χ1) is 8.72. The fourth-order valence-corrected chi connectivity index (χ4v) is 2.87. The van der Waals surface area contributed by atoms with E-state index in [1.807, 2.05) is 11.6 Å². The number of hydrogen-bond donors (Lipinski definition) is 2. The van der Waals surface area contributed by atoms with Crippen LogP contribution in [-0.2, 0) is 6.54 Å². The molecule has 0 saturated heterocycles. The van der Waals surface area contributed by atoms with Crippen LogP contribution < -0.4 is 5.73 Å². The fourth-order valence-electron chi connectivity index (χ4n) is 2.15. The smallest absolute Gasteiger partial charge is 0.193 e. The zero-order chi connectivity index (χ0) is 12.5. The van der Waals surface area contributed by atoms with Crippen LogP contribution in [0.4, 0.5) is 0 Å². The van der Waals surface area contributed by atoms with Gasteiger partial charge in [-0.2, -0.15) is 0 Å². The molecular formula is C12H17N5S. The number of rotatable bonds is 6. The van der Waals surface area contributed by atoms with Crippen molar-refractivity contribution in [2.24, 2.45) is 5.73 Å². The van der Waals surface area contributed by atoms with Crippen molar-refractivity contribution in [1.82, 2.24) is 14.3 Å². The van der Waals surface area contributed by atoms with Crippen molar-refractivity contribution in [3.05, 3.63) is 23.5 Å². The Kier molecular flexibility index (Phi) is 3.05. The van der Waals surface area contributed by atoms with E-state index >= 15 is 0 Å². The van der Waals surface area contributed by atoms with E-state index in [4.69, 9.17) is 11.1 Å². The van der Waals surface area contributed by atoms with Crippen molar-refractivity contribution in [2.75, 3.05) is 6.54 Å². The molecule has 6 heteroatoms. The number of aromatic nitrogens is 2. The summed E-state index contributed by atoms with van der Waals surface area (Å²) in [4.78, 5) is 8.05. The van der Waals surface area contributed by atoms with E-state index in [2.05, 4.69) is 20.5 Å². The van der Waals surface area contributed by atoms with Gasteiger partial charge < -0.3 is 5.73 Å². The van der Waals surface area contributed by atoms with E-state index in [0.717, 1.165) is 23.7 Å². The summed E-state index contributed by atoms with van der Waals surface area (Å²) in [5.41, 5.74) is 6.55. The minimum absolute atomic E-state index is 0.270. The average molecular weight is 263 g/mol. The second-order valence-corrected chi connectivity index (χ2v) is 5.67. The molecule has 18 heavy (non-hydrogen) atoms. The number of nitrogens with zero attached hydrogens (tertiary/aromatic N) is 3. The third-order valence-electron chi connectivity index (χ3n) is 3.24. The predicted molar refractivity (Wildman–Crippen MR) is 73.0 cm³/mol. The maximum atomic E-state index is 7.32. The van der Waals surface area contributed by atoms with Gasteiger partial charge in [-0.05, 0) is 12.8 Å². The molecule has 0 aromatic carbocycles. The SMILES string of the molecule is N=C(N)CCN(Cc1cn2ccsc2n1)C1CC1. The number of fused-ring (bicyclic) bond motifs is 1. The number of amidine groups is 1. The Morgan fingerprint density at radius 2 is 2.44 bits per heavy atom. The van der Waals surface area contributed by atoms with Gasteiger partial charge in [0, 0.05) is 43.3 Å². The minimum Gasteiger partial charge on any atom is -0.388 e. The van der Waals surface area contributed by atoms with Gasteiger partial charge >= 0.3 is 0 Å². The number of hydrogen-bond acceptors (Lipinski definition) is 4. The molecule has 3 N–H and O–H groups in total. The standard InChI is InChI=1S/C12H17N5S/c13-11(14)3-4-16(10-1-2-10)7-9-8-17-5-6-18-12(17)15-9/h5-6,8,10H,1-4,7H2,(H3,13,14). The molecule has 0 aliphatic heterocycles. The third kappa shape index (κ3) is 2.54. The third-order valence-corrected chi connectivity index (χ3v) is 4.01. The fraction of sp³-hybridized carbons (Fsp3) is 0.500. The quantitative estimate of drug-likeness (QED) is 0.615. The zero-order valence-electron chi connectivity index (χ0n) is 10.2. The predicted octanol–water partition coefficient (Wildman–Crippen LogP) is 1.69. The summed E-state index contributed by atoms with van der Waals surface area (Å²) in [6, 6.07) is 0.670. The van der Waals surface area contributed by atoms with E-state index in [9.17, 15) is 0 Å². The Morgan fingerprint density at radius 3 is 3.11 bits per heavy atom. The molecule has 0 amide bonds. The van der Waals surface area contributed by atoms with E-state index in [-0.39, 0.29) is 5.84 Å².